The summed E-state index contributed by atoms with van der Waals surface area (Å²) in [4.78, 5) is 19.3. The SMILES string of the molecule is COC(=O)c1ccc(Br)c(-c2cncnc2)c1. The van der Waals surface area contributed by atoms with Crippen molar-refractivity contribution in [1.29, 1.82) is 0 Å². The van der Waals surface area contributed by atoms with E-state index in [9.17, 15) is 4.79 Å². The van der Waals surface area contributed by atoms with E-state index in [0.29, 0.717) is 5.56 Å². The zero-order chi connectivity index (χ0) is 12.3. The Morgan fingerprint density at radius 2 is 2.00 bits per heavy atom. The molecule has 86 valence electrons. The van der Waals surface area contributed by atoms with Crippen LogP contribution in [0.3, 0.4) is 0 Å². The van der Waals surface area contributed by atoms with Gasteiger partial charge < -0.3 is 4.74 Å². The molecule has 1 heterocycles. The predicted molar refractivity (Wildman–Crippen MR) is 66.5 cm³/mol. The molecule has 0 radical (unpaired) electrons. The molecule has 0 saturated carbocycles. The molecule has 0 saturated heterocycles. The highest BCUT2D eigenvalue weighted by molar-refractivity contribution is 9.10. The van der Waals surface area contributed by atoms with Gasteiger partial charge in [0.1, 0.15) is 6.33 Å². The van der Waals surface area contributed by atoms with Crippen LogP contribution in [0.5, 0.6) is 0 Å². The van der Waals surface area contributed by atoms with Gasteiger partial charge in [0.15, 0.2) is 0 Å². The highest BCUT2D eigenvalue weighted by Crippen LogP contribution is 2.28. The number of carbonyl (C=O) groups is 1. The lowest BCUT2D eigenvalue weighted by atomic mass is 10.1. The van der Waals surface area contributed by atoms with Gasteiger partial charge in [-0.15, -0.1) is 0 Å². The molecule has 1 aromatic carbocycles. The molecular formula is C12H9BrN2O2. The van der Waals surface area contributed by atoms with Gasteiger partial charge in [-0.05, 0) is 23.8 Å². The maximum atomic E-state index is 11.4. The molecule has 0 spiro atoms. The predicted octanol–water partition coefficient (Wildman–Crippen LogP) is 2.69. The van der Waals surface area contributed by atoms with Crippen LogP contribution in [0, 0.1) is 0 Å². The van der Waals surface area contributed by atoms with Crippen LogP contribution in [0.2, 0.25) is 0 Å². The topological polar surface area (TPSA) is 52.1 Å². The third kappa shape index (κ3) is 2.50. The van der Waals surface area contributed by atoms with Crippen molar-refractivity contribution >= 4 is 21.9 Å². The summed E-state index contributed by atoms with van der Waals surface area (Å²) in [5.74, 6) is -0.365. The lowest BCUT2D eigenvalue weighted by Gasteiger charge is -2.06. The maximum absolute atomic E-state index is 11.4. The first kappa shape index (κ1) is 11.7. The number of hydrogen-bond donors (Lipinski definition) is 0. The van der Waals surface area contributed by atoms with Gasteiger partial charge in [0.25, 0.3) is 0 Å². The molecule has 1 aromatic heterocycles. The third-order valence-electron chi connectivity index (χ3n) is 2.26. The second-order valence-corrected chi connectivity index (χ2v) is 4.17. The van der Waals surface area contributed by atoms with E-state index < -0.39 is 0 Å². The molecule has 5 heteroatoms. The second kappa shape index (κ2) is 5.05. The number of nitrogens with zero attached hydrogens (tertiary/aromatic N) is 2. The van der Waals surface area contributed by atoms with E-state index >= 15 is 0 Å². The van der Waals surface area contributed by atoms with Crippen LogP contribution in [-0.4, -0.2) is 23.0 Å². The summed E-state index contributed by atoms with van der Waals surface area (Å²) in [7, 11) is 1.36. The van der Waals surface area contributed by atoms with Crippen LogP contribution in [0.25, 0.3) is 11.1 Å². The Bertz CT molecular complexity index is 543. The van der Waals surface area contributed by atoms with Gasteiger partial charge in [-0.25, -0.2) is 14.8 Å². The van der Waals surface area contributed by atoms with Gasteiger partial charge in [-0.1, -0.05) is 15.9 Å². The van der Waals surface area contributed by atoms with Crippen LogP contribution in [-0.2, 0) is 4.74 Å². The summed E-state index contributed by atoms with van der Waals surface area (Å²) in [6, 6.07) is 5.24. The number of carbonyl (C=O) groups excluding carboxylic acids is 1. The van der Waals surface area contributed by atoms with Crippen molar-refractivity contribution in [3.05, 3.63) is 47.0 Å². The van der Waals surface area contributed by atoms with Gasteiger partial charge >= 0.3 is 5.97 Å². The number of halogens is 1. The molecule has 2 aromatic rings. The smallest absolute Gasteiger partial charge is 0.337 e. The van der Waals surface area contributed by atoms with Crippen LogP contribution < -0.4 is 0 Å². The Hall–Kier alpha value is -1.75. The Kier molecular flexibility index (Phi) is 3.49. The minimum absolute atomic E-state index is 0.365. The largest absolute Gasteiger partial charge is 0.465 e. The molecule has 17 heavy (non-hydrogen) atoms. The van der Waals surface area contributed by atoms with Crippen LogP contribution >= 0.6 is 15.9 Å². The minimum atomic E-state index is -0.365. The van der Waals surface area contributed by atoms with E-state index in [4.69, 9.17) is 0 Å². The maximum Gasteiger partial charge on any atom is 0.337 e. The number of ether oxygens (including phenoxy) is 1. The third-order valence-corrected chi connectivity index (χ3v) is 2.95. The van der Waals surface area contributed by atoms with E-state index in [1.165, 1.54) is 13.4 Å². The molecule has 0 bridgehead atoms. The van der Waals surface area contributed by atoms with Crippen molar-refractivity contribution in [2.45, 2.75) is 0 Å². The van der Waals surface area contributed by atoms with Crippen molar-refractivity contribution in [3.63, 3.8) is 0 Å². The lowest BCUT2D eigenvalue weighted by molar-refractivity contribution is 0.0601. The number of esters is 1. The zero-order valence-corrected chi connectivity index (χ0v) is 10.6. The summed E-state index contributed by atoms with van der Waals surface area (Å²) in [6.07, 6.45) is 4.84. The lowest BCUT2D eigenvalue weighted by Crippen LogP contribution is -2.01. The molecule has 4 nitrogen and oxygen atoms in total. The average molecular weight is 293 g/mol. The first-order chi connectivity index (χ1) is 8.22. The molecular weight excluding hydrogens is 284 g/mol. The first-order valence-electron chi connectivity index (χ1n) is 4.85. The fourth-order valence-electron chi connectivity index (χ4n) is 1.43. The number of aromatic nitrogens is 2. The fraction of sp³-hybridized carbons (Fsp3) is 0.0833. The van der Waals surface area contributed by atoms with Gasteiger partial charge in [-0.2, -0.15) is 0 Å². The summed E-state index contributed by atoms with van der Waals surface area (Å²) in [5, 5.41) is 0. The Morgan fingerprint density at radius 3 is 2.65 bits per heavy atom. The summed E-state index contributed by atoms with van der Waals surface area (Å²) < 4.78 is 5.56. The number of benzene rings is 1. The van der Waals surface area contributed by atoms with Crippen LogP contribution in [0.15, 0.2) is 41.4 Å². The van der Waals surface area contributed by atoms with E-state index in [0.717, 1.165) is 15.6 Å². The Morgan fingerprint density at radius 1 is 1.29 bits per heavy atom. The highest BCUT2D eigenvalue weighted by Gasteiger charge is 2.10. The molecule has 0 aliphatic carbocycles. The molecule has 0 amide bonds. The fourth-order valence-corrected chi connectivity index (χ4v) is 1.91. The van der Waals surface area contributed by atoms with Crippen molar-refractivity contribution < 1.29 is 9.53 Å². The summed E-state index contributed by atoms with van der Waals surface area (Å²) in [5.41, 5.74) is 2.19. The molecule has 2 rings (SSSR count). The van der Waals surface area contributed by atoms with Crippen LogP contribution in [0.4, 0.5) is 0 Å². The second-order valence-electron chi connectivity index (χ2n) is 3.31. The van der Waals surface area contributed by atoms with E-state index in [-0.39, 0.29) is 5.97 Å². The minimum Gasteiger partial charge on any atom is -0.465 e. The summed E-state index contributed by atoms with van der Waals surface area (Å²) in [6.45, 7) is 0. The molecule has 0 aliphatic rings. The van der Waals surface area contributed by atoms with Gasteiger partial charge in [-0.3, -0.25) is 0 Å². The molecule has 0 N–H and O–H groups in total. The van der Waals surface area contributed by atoms with E-state index in [1.807, 2.05) is 0 Å². The molecule has 0 atom stereocenters. The van der Waals surface area contributed by atoms with Crippen molar-refractivity contribution in [2.24, 2.45) is 0 Å². The standard InChI is InChI=1S/C12H9BrN2O2/c1-17-12(16)8-2-3-11(13)10(4-8)9-5-14-7-15-6-9/h2-7H,1H3. The molecule has 0 fully saturated rings. The summed E-state index contributed by atoms with van der Waals surface area (Å²) >= 11 is 3.43. The number of rotatable bonds is 2. The average Bonchev–Trinajstić information content (AvgIpc) is 2.39. The van der Waals surface area contributed by atoms with Crippen molar-refractivity contribution in [3.8, 4) is 11.1 Å². The normalized spacial score (nSPS) is 10.0. The van der Waals surface area contributed by atoms with E-state index in [2.05, 4.69) is 30.6 Å². The zero-order valence-electron chi connectivity index (χ0n) is 9.05. The molecule has 0 aliphatic heterocycles. The highest BCUT2D eigenvalue weighted by atomic mass is 79.9. The Balaban J connectivity index is 2.50. The van der Waals surface area contributed by atoms with E-state index in [1.54, 1.807) is 30.6 Å². The first-order valence-corrected chi connectivity index (χ1v) is 5.65. The number of hydrogen-bond acceptors (Lipinski definition) is 4. The van der Waals surface area contributed by atoms with Gasteiger partial charge in [0, 0.05) is 22.4 Å². The van der Waals surface area contributed by atoms with Crippen LogP contribution in [0.1, 0.15) is 10.4 Å². The van der Waals surface area contributed by atoms with Crippen molar-refractivity contribution in [1.82, 2.24) is 9.97 Å². The van der Waals surface area contributed by atoms with Gasteiger partial charge in [0.2, 0.25) is 0 Å². The molecule has 0 unspecified atom stereocenters. The van der Waals surface area contributed by atoms with Gasteiger partial charge in [0.05, 0.1) is 12.7 Å². The quantitative estimate of drug-likeness (QED) is 0.799. The number of methoxy groups -OCH3 is 1. The monoisotopic (exact) mass is 292 g/mol. The Labute approximate surface area is 107 Å². The van der Waals surface area contributed by atoms with Crippen molar-refractivity contribution in [2.75, 3.05) is 7.11 Å².